The minimum atomic E-state index is 0.591. The van der Waals surface area contributed by atoms with Crippen LogP contribution < -0.4 is 0 Å². The summed E-state index contributed by atoms with van der Waals surface area (Å²) in [5.74, 6) is 1.83. The molecule has 0 atom stereocenters. The zero-order valence-corrected chi connectivity index (χ0v) is 28.5. The monoisotopic (exact) mass is 675 g/mol. The fourth-order valence-corrected chi connectivity index (χ4v) is 8.00. The fourth-order valence-electron chi connectivity index (χ4n) is 8.00. The summed E-state index contributed by atoms with van der Waals surface area (Å²) in [6, 6.07) is 61.6. The molecular formula is C49H29N3O. The van der Waals surface area contributed by atoms with Crippen LogP contribution in [0.2, 0.25) is 0 Å². The van der Waals surface area contributed by atoms with Crippen molar-refractivity contribution < 1.29 is 4.42 Å². The number of fused-ring (bicyclic) bond motifs is 8. The topological polar surface area (TPSA) is 51.8 Å². The van der Waals surface area contributed by atoms with Crippen molar-refractivity contribution in [2.24, 2.45) is 0 Å². The third-order valence-corrected chi connectivity index (χ3v) is 10.5. The summed E-state index contributed by atoms with van der Waals surface area (Å²) in [7, 11) is 0. The molecule has 0 aliphatic heterocycles. The smallest absolute Gasteiger partial charge is 0.164 e. The summed E-state index contributed by atoms with van der Waals surface area (Å²) < 4.78 is 6.77. The van der Waals surface area contributed by atoms with E-state index < -0.39 is 0 Å². The maximum absolute atomic E-state index is 6.77. The van der Waals surface area contributed by atoms with Gasteiger partial charge in [0.05, 0.1) is 0 Å². The zero-order valence-electron chi connectivity index (χ0n) is 28.5. The minimum absolute atomic E-state index is 0.591. The van der Waals surface area contributed by atoms with Crippen LogP contribution in [0.5, 0.6) is 0 Å². The van der Waals surface area contributed by atoms with Crippen LogP contribution in [-0.2, 0) is 0 Å². The maximum atomic E-state index is 6.77. The molecule has 11 rings (SSSR count). The van der Waals surface area contributed by atoms with Crippen LogP contribution in [0.3, 0.4) is 0 Å². The Bertz CT molecular complexity index is 3240. The summed E-state index contributed by atoms with van der Waals surface area (Å²) in [5, 5.41) is 11.1. The Morgan fingerprint density at radius 1 is 0.321 bits per heavy atom. The second kappa shape index (κ2) is 11.7. The molecule has 9 aromatic carbocycles. The quantitative estimate of drug-likeness (QED) is 0.186. The molecule has 0 spiro atoms. The van der Waals surface area contributed by atoms with Crippen LogP contribution in [-0.4, -0.2) is 15.0 Å². The van der Waals surface area contributed by atoms with E-state index in [1.807, 2.05) is 12.1 Å². The number of aromatic nitrogens is 3. The number of benzene rings is 9. The fraction of sp³-hybridized carbons (Fsp3) is 0. The van der Waals surface area contributed by atoms with Gasteiger partial charge in [-0.25, -0.2) is 15.0 Å². The summed E-state index contributed by atoms with van der Waals surface area (Å²) in [5.41, 5.74) is 6.74. The third-order valence-electron chi connectivity index (χ3n) is 10.5. The second-order valence-electron chi connectivity index (χ2n) is 13.5. The van der Waals surface area contributed by atoms with Gasteiger partial charge in [-0.3, -0.25) is 0 Å². The lowest BCUT2D eigenvalue weighted by molar-refractivity contribution is 0.673. The summed E-state index contributed by atoms with van der Waals surface area (Å²) >= 11 is 0. The number of rotatable bonds is 4. The largest absolute Gasteiger partial charge is 0.455 e. The van der Waals surface area contributed by atoms with Crippen molar-refractivity contribution >= 4 is 65.0 Å². The summed E-state index contributed by atoms with van der Waals surface area (Å²) in [6.45, 7) is 0. The molecule has 0 saturated carbocycles. The standard InChI is InChI=1S/C49H29N3O/c1-2-15-33-28-34(27-26-30(33)12-1)47-50-48(40-23-10-17-32-14-4-6-19-36(32)40)52-49(51-47)41-24-11-22-39-42(37-21-9-16-31-13-3-5-18-35(31)37)29-43-38-20-7-8-25-44(38)53-46(43)45(39)41/h1-29H. The molecule has 0 N–H and O–H groups in total. The molecule has 0 aliphatic rings. The van der Waals surface area contributed by atoms with Gasteiger partial charge in [0.25, 0.3) is 0 Å². The number of para-hydroxylation sites is 1. The van der Waals surface area contributed by atoms with Gasteiger partial charge in [0.2, 0.25) is 0 Å². The van der Waals surface area contributed by atoms with Gasteiger partial charge in [0.1, 0.15) is 11.2 Å². The molecule has 11 aromatic rings. The van der Waals surface area contributed by atoms with Gasteiger partial charge in [0.15, 0.2) is 17.5 Å². The van der Waals surface area contributed by atoms with E-state index in [4.69, 9.17) is 19.4 Å². The molecule has 246 valence electrons. The predicted octanol–water partition coefficient (Wildman–Crippen LogP) is 13.1. The molecule has 4 heteroatoms. The molecule has 0 radical (unpaired) electrons. The number of furan rings is 1. The van der Waals surface area contributed by atoms with Gasteiger partial charge >= 0.3 is 0 Å². The molecule has 2 heterocycles. The first-order chi connectivity index (χ1) is 26.3. The Kier molecular flexibility index (Phi) is 6.52. The van der Waals surface area contributed by atoms with E-state index in [0.717, 1.165) is 71.1 Å². The van der Waals surface area contributed by atoms with Crippen molar-refractivity contribution in [3.8, 4) is 45.3 Å². The van der Waals surface area contributed by atoms with Gasteiger partial charge < -0.3 is 4.42 Å². The van der Waals surface area contributed by atoms with Crippen molar-refractivity contribution in [3.05, 3.63) is 176 Å². The van der Waals surface area contributed by atoms with Crippen LogP contribution in [0.15, 0.2) is 180 Å². The summed E-state index contributed by atoms with van der Waals surface area (Å²) in [4.78, 5) is 15.8. The highest BCUT2D eigenvalue weighted by Crippen LogP contribution is 2.45. The normalized spacial score (nSPS) is 11.8. The lowest BCUT2D eigenvalue weighted by atomic mass is 9.90. The number of hydrogen-bond acceptors (Lipinski definition) is 4. The van der Waals surface area contributed by atoms with E-state index in [1.54, 1.807) is 0 Å². The highest BCUT2D eigenvalue weighted by molar-refractivity contribution is 6.23. The Balaban J connectivity index is 1.25. The maximum Gasteiger partial charge on any atom is 0.164 e. The SMILES string of the molecule is c1ccc2cc(-c3nc(-c4cccc5ccccc45)nc(-c4cccc5c(-c6cccc7ccccc67)cc6c7ccccc7oc6c45)n3)ccc2c1. The Morgan fingerprint density at radius 3 is 1.66 bits per heavy atom. The molecule has 0 aliphatic carbocycles. The van der Waals surface area contributed by atoms with Crippen LogP contribution >= 0.6 is 0 Å². The average Bonchev–Trinajstić information content (AvgIpc) is 3.61. The lowest BCUT2D eigenvalue weighted by Gasteiger charge is -2.15. The molecule has 4 nitrogen and oxygen atoms in total. The Labute approximate surface area is 304 Å². The highest BCUT2D eigenvalue weighted by atomic mass is 16.3. The second-order valence-corrected chi connectivity index (χ2v) is 13.5. The van der Waals surface area contributed by atoms with Gasteiger partial charge in [-0.15, -0.1) is 0 Å². The average molecular weight is 676 g/mol. The van der Waals surface area contributed by atoms with E-state index in [-0.39, 0.29) is 0 Å². The van der Waals surface area contributed by atoms with E-state index in [9.17, 15) is 0 Å². The van der Waals surface area contributed by atoms with Crippen molar-refractivity contribution in [2.75, 3.05) is 0 Å². The van der Waals surface area contributed by atoms with Gasteiger partial charge in [-0.05, 0) is 67.0 Å². The number of hydrogen-bond donors (Lipinski definition) is 0. The lowest BCUT2D eigenvalue weighted by Crippen LogP contribution is -2.01. The van der Waals surface area contributed by atoms with Crippen molar-refractivity contribution in [1.82, 2.24) is 15.0 Å². The van der Waals surface area contributed by atoms with E-state index in [2.05, 4.69) is 164 Å². The van der Waals surface area contributed by atoms with E-state index in [1.165, 1.54) is 21.7 Å². The Morgan fingerprint density at radius 2 is 0.868 bits per heavy atom. The molecule has 0 saturated heterocycles. The summed E-state index contributed by atoms with van der Waals surface area (Å²) in [6.07, 6.45) is 0. The van der Waals surface area contributed by atoms with Gasteiger partial charge in [-0.2, -0.15) is 0 Å². The van der Waals surface area contributed by atoms with Crippen molar-refractivity contribution in [3.63, 3.8) is 0 Å². The third kappa shape index (κ3) is 4.73. The van der Waals surface area contributed by atoms with Gasteiger partial charge in [-0.1, -0.05) is 158 Å². The van der Waals surface area contributed by atoms with E-state index >= 15 is 0 Å². The van der Waals surface area contributed by atoms with Crippen LogP contribution in [0, 0.1) is 0 Å². The van der Waals surface area contributed by atoms with E-state index in [0.29, 0.717) is 17.5 Å². The highest BCUT2D eigenvalue weighted by Gasteiger charge is 2.22. The van der Waals surface area contributed by atoms with Crippen molar-refractivity contribution in [2.45, 2.75) is 0 Å². The first-order valence-electron chi connectivity index (χ1n) is 17.9. The molecule has 0 bridgehead atoms. The molecule has 0 fully saturated rings. The zero-order chi connectivity index (χ0) is 34.9. The van der Waals surface area contributed by atoms with Gasteiger partial charge in [0, 0.05) is 32.8 Å². The van der Waals surface area contributed by atoms with Crippen LogP contribution in [0.1, 0.15) is 0 Å². The minimum Gasteiger partial charge on any atom is -0.455 e. The first-order valence-corrected chi connectivity index (χ1v) is 17.9. The molecule has 0 unspecified atom stereocenters. The molecule has 2 aromatic heterocycles. The Hall–Kier alpha value is -7.17. The van der Waals surface area contributed by atoms with Crippen LogP contribution in [0.25, 0.3) is 110 Å². The molecular weight excluding hydrogens is 647 g/mol. The number of nitrogens with zero attached hydrogens (tertiary/aromatic N) is 3. The van der Waals surface area contributed by atoms with Crippen molar-refractivity contribution in [1.29, 1.82) is 0 Å². The van der Waals surface area contributed by atoms with Crippen LogP contribution in [0.4, 0.5) is 0 Å². The first kappa shape index (κ1) is 29.5. The molecule has 0 amide bonds. The molecule has 53 heavy (non-hydrogen) atoms. The predicted molar refractivity (Wildman–Crippen MR) is 219 cm³/mol.